The summed E-state index contributed by atoms with van der Waals surface area (Å²) in [5, 5.41) is 2.46. The summed E-state index contributed by atoms with van der Waals surface area (Å²) in [6.45, 7) is 0. The van der Waals surface area contributed by atoms with Gasteiger partial charge in [0.25, 0.3) is 11.8 Å². The van der Waals surface area contributed by atoms with E-state index < -0.39 is 15.7 Å². The minimum atomic E-state index is -3.62. The number of carbonyl (C=O) groups excluding carboxylic acids is 2. The van der Waals surface area contributed by atoms with E-state index in [1.165, 1.54) is 15.5 Å². The van der Waals surface area contributed by atoms with Crippen LogP contribution >= 0.6 is 0 Å². The van der Waals surface area contributed by atoms with Crippen molar-refractivity contribution < 1.29 is 18.0 Å². The quantitative estimate of drug-likeness (QED) is 0.735. The third kappa shape index (κ3) is 3.68. The molecule has 27 heavy (non-hydrogen) atoms. The highest BCUT2D eigenvalue weighted by molar-refractivity contribution is 7.90. The Morgan fingerprint density at radius 3 is 2.52 bits per heavy atom. The van der Waals surface area contributed by atoms with Crippen LogP contribution in [0.15, 0.2) is 53.8 Å². The highest BCUT2D eigenvalue weighted by Crippen LogP contribution is 2.19. The van der Waals surface area contributed by atoms with E-state index in [0.717, 1.165) is 6.26 Å². The van der Waals surface area contributed by atoms with Crippen LogP contribution in [0, 0.1) is 0 Å². The standard InChI is InChI=1S/C18H18N4O4S/c1-21(2)17(24)12-7-6-8-13(11-12)19-16(23)15-14-9-4-5-10-22(14)18(20-15)27(3,25)26/h4-11H,1-3H3,(H,19,23). The summed E-state index contributed by atoms with van der Waals surface area (Å²) in [5.74, 6) is -0.763. The molecule has 0 aliphatic rings. The summed E-state index contributed by atoms with van der Waals surface area (Å²) in [5.41, 5.74) is 1.19. The third-order valence-corrected chi connectivity index (χ3v) is 4.79. The summed E-state index contributed by atoms with van der Waals surface area (Å²) in [6, 6.07) is 11.4. The molecule has 0 bridgehead atoms. The van der Waals surface area contributed by atoms with Crippen LogP contribution in [0.1, 0.15) is 20.8 Å². The van der Waals surface area contributed by atoms with Crippen LogP contribution in [-0.4, -0.2) is 54.9 Å². The number of imidazole rings is 1. The van der Waals surface area contributed by atoms with Crippen molar-refractivity contribution in [3.05, 3.63) is 59.9 Å². The molecule has 1 aromatic carbocycles. The zero-order valence-corrected chi connectivity index (χ0v) is 15.8. The molecule has 2 amide bonds. The van der Waals surface area contributed by atoms with Gasteiger partial charge in [-0.15, -0.1) is 0 Å². The second-order valence-corrected chi connectivity index (χ2v) is 8.12. The molecule has 2 heterocycles. The molecule has 9 heteroatoms. The molecule has 0 fully saturated rings. The maximum Gasteiger partial charge on any atom is 0.276 e. The van der Waals surface area contributed by atoms with Crippen molar-refractivity contribution in [1.82, 2.24) is 14.3 Å². The Morgan fingerprint density at radius 2 is 1.85 bits per heavy atom. The molecule has 0 saturated carbocycles. The number of aromatic nitrogens is 2. The molecule has 8 nitrogen and oxygen atoms in total. The number of hydrogen-bond acceptors (Lipinski definition) is 5. The number of sulfone groups is 1. The zero-order chi connectivity index (χ0) is 19.8. The van der Waals surface area contributed by atoms with Crippen LogP contribution in [0.25, 0.3) is 5.52 Å². The predicted molar refractivity (Wildman–Crippen MR) is 101 cm³/mol. The fraction of sp³-hybridized carbons (Fsp3) is 0.167. The fourth-order valence-electron chi connectivity index (χ4n) is 2.62. The third-order valence-electron chi connectivity index (χ3n) is 3.84. The average molecular weight is 386 g/mol. The minimum absolute atomic E-state index is 0.0136. The van der Waals surface area contributed by atoms with Crippen LogP contribution < -0.4 is 5.32 Å². The summed E-state index contributed by atoms with van der Waals surface area (Å²) in [4.78, 5) is 30.2. The molecule has 0 saturated heterocycles. The van der Waals surface area contributed by atoms with E-state index >= 15 is 0 Å². The maximum atomic E-state index is 12.7. The van der Waals surface area contributed by atoms with Gasteiger partial charge < -0.3 is 10.2 Å². The van der Waals surface area contributed by atoms with E-state index in [9.17, 15) is 18.0 Å². The molecule has 0 aliphatic carbocycles. The Balaban J connectivity index is 1.99. The largest absolute Gasteiger partial charge is 0.345 e. The molecule has 0 aliphatic heterocycles. The maximum absolute atomic E-state index is 12.7. The summed E-state index contributed by atoms with van der Waals surface area (Å²) < 4.78 is 25.3. The Labute approximate surface area is 156 Å². The zero-order valence-electron chi connectivity index (χ0n) is 15.0. The smallest absolute Gasteiger partial charge is 0.276 e. The number of rotatable bonds is 4. The van der Waals surface area contributed by atoms with Gasteiger partial charge >= 0.3 is 0 Å². The first-order valence-corrected chi connectivity index (χ1v) is 9.88. The number of hydrogen-bond donors (Lipinski definition) is 1. The second kappa shape index (κ2) is 6.84. The van der Waals surface area contributed by atoms with Gasteiger partial charge in [-0.05, 0) is 30.3 Å². The Hall–Kier alpha value is -3.20. The molecule has 0 radical (unpaired) electrons. The molecule has 3 rings (SSSR count). The lowest BCUT2D eigenvalue weighted by molar-refractivity contribution is 0.0827. The van der Waals surface area contributed by atoms with E-state index in [2.05, 4.69) is 10.3 Å². The second-order valence-electron chi connectivity index (χ2n) is 6.21. The number of carbonyl (C=O) groups is 2. The normalized spacial score (nSPS) is 11.4. The Morgan fingerprint density at radius 1 is 1.11 bits per heavy atom. The van der Waals surface area contributed by atoms with Gasteiger partial charge in [0, 0.05) is 37.8 Å². The van der Waals surface area contributed by atoms with E-state index in [0.29, 0.717) is 16.8 Å². The van der Waals surface area contributed by atoms with Crippen molar-refractivity contribution in [2.24, 2.45) is 0 Å². The molecular weight excluding hydrogens is 368 g/mol. The van der Waals surface area contributed by atoms with Crippen molar-refractivity contribution in [1.29, 1.82) is 0 Å². The highest BCUT2D eigenvalue weighted by Gasteiger charge is 2.23. The van der Waals surface area contributed by atoms with Crippen molar-refractivity contribution in [3.8, 4) is 0 Å². The molecule has 140 valence electrons. The van der Waals surface area contributed by atoms with Crippen LogP contribution in [0.5, 0.6) is 0 Å². The number of fused-ring (bicyclic) bond motifs is 1. The predicted octanol–water partition coefficient (Wildman–Crippen LogP) is 1.69. The Kier molecular flexibility index (Phi) is 4.71. The number of amides is 2. The van der Waals surface area contributed by atoms with Crippen LogP contribution in [0.4, 0.5) is 5.69 Å². The van der Waals surface area contributed by atoms with Gasteiger partial charge in [-0.2, -0.15) is 0 Å². The number of benzene rings is 1. The number of anilines is 1. The van der Waals surface area contributed by atoms with Crippen molar-refractivity contribution in [2.45, 2.75) is 5.16 Å². The lowest BCUT2D eigenvalue weighted by Gasteiger charge is -2.11. The number of nitrogens with one attached hydrogen (secondary N) is 1. The molecule has 0 atom stereocenters. The van der Waals surface area contributed by atoms with Crippen molar-refractivity contribution >= 4 is 32.9 Å². The van der Waals surface area contributed by atoms with Crippen LogP contribution in [0.2, 0.25) is 0 Å². The van der Waals surface area contributed by atoms with Crippen LogP contribution in [-0.2, 0) is 9.84 Å². The van der Waals surface area contributed by atoms with Crippen molar-refractivity contribution in [2.75, 3.05) is 25.7 Å². The van der Waals surface area contributed by atoms with Gasteiger partial charge in [0.15, 0.2) is 5.69 Å². The first kappa shape index (κ1) is 18.6. The molecular formula is C18H18N4O4S. The van der Waals surface area contributed by atoms with Gasteiger partial charge in [0.1, 0.15) is 0 Å². The van der Waals surface area contributed by atoms with Gasteiger partial charge in [0.2, 0.25) is 15.0 Å². The number of pyridine rings is 1. The SMILES string of the molecule is CN(C)C(=O)c1cccc(NC(=O)c2nc(S(C)(=O)=O)n3ccccc23)c1. The lowest BCUT2D eigenvalue weighted by Crippen LogP contribution is -2.22. The van der Waals surface area contributed by atoms with E-state index in [1.54, 1.807) is 56.6 Å². The monoisotopic (exact) mass is 386 g/mol. The minimum Gasteiger partial charge on any atom is -0.345 e. The topological polar surface area (TPSA) is 101 Å². The van der Waals surface area contributed by atoms with Crippen LogP contribution in [0.3, 0.4) is 0 Å². The van der Waals surface area contributed by atoms with E-state index in [-0.39, 0.29) is 16.8 Å². The molecule has 1 N–H and O–H groups in total. The van der Waals surface area contributed by atoms with Gasteiger partial charge in [-0.3, -0.25) is 14.0 Å². The summed E-state index contributed by atoms with van der Waals surface area (Å²) >= 11 is 0. The highest BCUT2D eigenvalue weighted by atomic mass is 32.2. The lowest BCUT2D eigenvalue weighted by atomic mass is 10.1. The van der Waals surface area contributed by atoms with Gasteiger partial charge in [-0.25, -0.2) is 13.4 Å². The first-order valence-electron chi connectivity index (χ1n) is 7.98. The summed E-state index contributed by atoms with van der Waals surface area (Å²) in [7, 11) is -0.348. The molecule has 0 spiro atoms. The summed E-state index contributed by atoms with van der Waals surface area (Å²) in [6.07, 6.45) is 2.57. The molecule has 0 unspecified atom stereocenters. The van der Waals surface area contributed by atoms with E-state index in [4.69, 9.17) is 0 Å². The molecule has 3 aromatic rings. The average Bonchev–Trinajstić information content (AvgIpc) is 3.01. The Bertz CT molecular complexity index is 1150. The number of nitrogens with zero attached hydrogens (tertiary/aromatic N) is 3. The fourth-order valence-corrected chi connectivity index (χ4v) is 3.39. The first-order chi connectivity index (χ1) is 12.7. The molecule has 2 aromatic heterocycles. The van der Waals surface area contributed by atoms with Gasteiger partial charge in [0.05, 0.1) is 5.52 Å². The van der Waals surface area contributed by atoms with Crippen molar-refractivity contribution in [3.63, 3.8) is 0 Å². The van der Waals surface area contributed by atoms with Gasteiger partial charge in [-0.1, -0.05) is 12.1 Å². The van der Waals surface area contributed by atoms with E-state index in [1.807, 2.05) is 0 Å².